The SMILES string of the molecule is C[C@@H]1C[C@H]1C(=O)NCCC(=O)N1CCC[C@@H]1c1ncc(-c2cccc(C(F)(F)F)c2)[nH]1. The molecule has 9 heteroatoms. The third kappa shape index (κ3) is 4.75. The Morgan fingerprint density at radius 2 is 2.10 bits per heavy atom. The lowest BCUT2D eigenvalue weighted by Gasteiger charge is -2.23. The number of hydrogen-bond acceptors (Lipinski definition) is 3. The van der Waals surface area contributed by atoms with Crippen LogP contribution >= 0.6 is 0 Å². The summed E-state index contributed by atoms with van der Waals surface area (Å²) in [7, 11) is 0. The van der Waals surface area contributed by atoms with Crippen molar-refractivity contribution in [3.05, 3.63) is 41.9 Å². The van der Waals surface area contributed by atoms with E-state index in [9.17, 15) is 22.8 Å². The molecule has 166 valence electrons. The van der Waals surface area contributed by atoms with Crippen LogP contribution in [-0.4, -0.2) is 39.8 Å². The highest BCUT2D eigenvalue weighted by Gasteiger charge is 2.39. The average Bonchev–Trinajstić information content (AvgIpc) is 3.13. The van der Waals surface area contributed by atoms with Crippen LogP contribution in [0.3, 0.4) is 0 Å². The monoisotopic (exact) mass is 434 g/mol. The molecule has 2 aromatic rings. The van der Waals surface area contributed by atoms with E-state index in [-0.39, 0.29) is 30.2 Å². The summed E-state index contributed by atoms with van der Waals surface area (Å²) >= 11 is 0. The van der Waals surface area contributed by atoms with Crippen molar-refractivity contribution in [1.29, 1.82) is 0 Å². The number of nitrogens with one attached hydrogen (secondary N) is 2. The molecule has 0 radical (unpaired) electrons. The predicted octanol–water partition coefficient (Wildman–Crippen LogP) is 3.92. The van der Waals surface area contributed by atoms with Crippen LogP contribution < -0.4 is 5.32 Å². The van der Waals surface area contributed by atoms with E-state index in [1.807, 2.05) is 6.92 Å². The first kappa shape index (κ1) is 21.4. The molecule has 2 heterocycles. The van der Waals surface area contributed by atoms with Gasteiger partial charge in [0.25, 0.3) is 0 Å². The van der Waals surface area contributed by atoms with E-state index in [1.54, 1.807) is 11.0 Å². The zero-order valence-corrected chi connectivity index (χ0v) is 17.2. The average molecular weight is 434 g/mol. The number of amides is 2. The van der Waals surface area contributed by atoms with E-state index in [0.29, 0.717) is 36.1 Å². The Hall–Kier alpha value is -2.84. The molecular formula is C22H25F3N4O2. The van der Waals surface area contributed by atoms with E-state index in [2.05, 4.69) is 15.3 Å². The Kier molecular flexibility index (Phi) is 5.77. The van der Waals surface area contributed by atoms with Crippen LogP contribution in [0.4, 0.5) is 13.2 Å². The third-order valence-electron chi connectivity index (χ3n) is 6.07. The zero-order valence-electron chi connectivity index (χ0n) is 17.2. The Labute approximate surface area is 178 Å². The maximum Gasteiger partial charge on any atom is 0.416 e. The molecule has 2 fully saturated rings. The molecule has 6 nitrogen and oxygen atoms in total. The second-order valence-corrected chi connectivity index (χ2v) is 8.37. The van der Waals surface area contributed by atoms with Gasteiger partial charge < -0.3 is 15.2 Å². The molecule has 0 unspecified atom stereocenters. The van der Waals surface area contributed by atoms with Crippen molar-refractivity contribution in [3.8, 4) is 11.3 Å². The lowest BCUT2D eigenvalue weighted by molar-refractivity contribution is -0.137. The first-order chi connectivity index (χ1) is 14.7. The molecule has 2 aliphatic rings. The van der Waals surface area contributed by atoms with E-state index in [1.165, 1.54) is 12.3 Å². The number of nitrogens with zero attached hydrogens (tertiary/aromatic N) is 2. The number of carbonyl (C=O) groups excluding carboxylic acids is 2. The zero-order chi connectivity index (χ0) is 22.2. The fraction of sp³-hybridized carbons (Fsp3) is 0.500. The van der Waals surface area contributed by atoms with Gasteiger partial charge in [-0.1, -0.05) is 19.1 Å². The number of halogens is 3. The van der Waals surface area contributed by atoms with E-state index >= 15 is 0 Å². The summed E-state index contributed by atoms with van der Waals surface area (Å²) in [5, 5.41) is 2.83. The number of aromatic nitrogens is 2. The van der Waals surface area contributed by atoms with Crippen molar-refractivity contribution in [2.24, 2.45) is 11.8 Å². The van der Waals surface area contributed by atoms with E-state index < -0.39 is 11.7 Å². The molecule has 31 heavy (non-hydrogen) atoms. The molecule has 1 aliphatic carbocycles. The molecule has 1 aliphatic heterocycles. The number of imidazole rings is 1. The molecule has 1 saturated heterocycles. The van der Waals surface area contributed by atoms with Crippen molar-refractivity contribution in [3.63, 3.8) is 0 Å². The lowest BCUT2D eigenvalue weighted by Crippen LogP contribution is -2.35. The van der Waals surface area contributed by atoms with Crippen molar-refractivity contribution in [2.45, 2.75) is 44.8 Å². The number of alkyl halides is 3. The molecule has 0 bridgehead atoms. The van der Waals surface area contributed by atoms with Gasteiger partial charge >= 0.3 is 6.18 Å². The van der Waals surface area contributed by atoms with Crippen LogP contribution in [-0.2, 0) is 15.8 Å². The Morgan fingerprint density at radius 1 is 1.32 bits per heavy atom. The van der Waals surface area contributed by atoms with Crippen LogP contribution in [0.2, 0.25) is 0 Å². The number of aromatic amines is 1. The number of likely N-dealkylation sites (tertiary alicyclic amines) is 1. The molecule has 2 N–H and O–H groups in total. The smallest absolute Gasteiger partial charge is 0.355 e. The molecule has 2 amide bonds. The van der Waals surface area contributed by atoms with Gasteiger partial charge in [0.2, 0.25) is 11.8 Å². The summed E-state index contributed by atoms with van der Waals surface area (Å²) in [6, 6.07) is 4.82. The van der Waals surface area contributed by atoms with Crippen LogP contribution in [0.5, 0.6) is 0 Å². The van der Waals surface area contributed by atoms with Gasteiger partial charge in [0.1, 0.15) is 5.82 Å². The molecule has 0 spiro atoms. The largest absolute Gasteiger partial charge is 0.416 e. The summed E-state index contributed by atoms with van der Waals surface area (Å²) in [5.74, 6) is 1.00. The third-order valence-corrected chi connectivity index (χ3v) is 6.07. The summed E-state index contributed by atoms with van der Waals surface area (Å²) in [5.41, 5.74) is 0.147. The number of benzene rings is 1. The first-order valence-electron chi connectivity index (χ1n) is 10.5. The molecule has 4 rings (SSSR count). The van der Waals surface area contributed by atoms with Crippen molar-refractivity contribution in [2.75, 3.05) is 13.1 Å². The standard InChI is InChI=1S/C22H25F3N4O2/c1-13-10-16(13)21(31)26-8-7-19(30)29-9-3-6-18(29)20-27-12-17(28-20)14-4-2-5-15(11-14)22(23,24)25/h2,4-5,11-13,16,18H,3,6-10H2,1H3,(H,26,31)(H,27,28)/t13-,16-,18-/m1/s1. The van der Waals surface area contributed by atoms with Crippen LogP contribution in [0.1, 0.15) is 50.0 Å². The summed E-state index contributed by atoms with van der Waals surface area (Å²) in [6.07, 6.45) is -0.246. The lowest BCUT2D eigenvalue weighted by atomic mass is 10.1. The quantitative estimate of drug-likeness (QED) is 0.723. The molecule has 1 saturated carbocycles. The van der Waals surface area contributed by atoms with Crippen molar-refractivity contribution < 1.29 is 22.8 Å². The van der Waals surface area contributed by atoms with E-state index in [4.69, 9.17) is 0 Å². The minimum absolute atomic E-state index is 0.00929. The second kappa shape index (κ2) is 8.36. The maximum atomic E-state index is 13.0. The highest BCUT2D eigenvalue weighted by atomic mass is 19.4. The molecule has 3 atom stereocenters. The first-order valence-corrected chi connectivity index (χ1v) is 10.5. The number of carbonyl (C=O) groups is 2. The summed E-state index contributed by atoms with van der Waals surface area (Å²) < 4.78 is 39.0. The number of hydrogen-bond donors (Lipinski definition) is 2. The molecule has 1 aromatic carbocycles. The Bertz CT molecular complexity index is 972. The second-order valence-electron chi connectivity index (χ2n) is 8.37. The minimum Gasteiger partial charge on any atom is -0.355 e. The number of H-pyrrole nitrogens is 1. The summed E-state index contributed by atoms with van der Waals surface area (Å²) in [6.45, 7) is 2.93. The molecular weight excluding hydrogens is 409 g/mol. The topological polar surface area (TPSA) is 78.1 Å². The Balaban J connectivity index is 1.39. The van der Waals surface area contributed by atoms with Gasteiger partial charge in [-0.25, -0.2) is 4.98 Å². The van der Waals surface area contributed by atoms with Crippen molar-refractivity contribution >= 4 is 11.8 Å². The van der Waals surface area contributed by atoms with Gasteiger partial charge in [-0.05, 0) is 37.3 Å². The van der Waals surface area contributed by atoms with Crippen LogP contribution in [0, 0.1) is 11.8 Å². The van der Waals surface area contributed by atoms with Gasteiger partial charge in [-0.3, -0.25) is 9.59 Å². The predicted molar refractivity (Wildman–Crippen MR) is 108 cm³/mol. The summed E-state index contributed by atoms with van der Waals surface area (Å²) in [4.78, 5) is 33.8. The van der Waals surface area contributed by atoms with Gasteiger partial charge in [-0.15, -0.1) is 0 Å². The van der Waals surface area contributed by atoms with Gasteiger partial charge in [0.05, 0.1) is 23.5 Å². The number of rotatable bonds is 6. The van der Waals surface area contributed by atoms with E-state index in [0.717, 1.165) is 31.4 Å². The van der Waals surface area contributed by atoms with Gasteiger partial charge in [-0.2, -0.15) is 13.2 Å². The van der Waals surface area contributed by atoms with Crippen molar-refractivity contribution in [1.82, 2.24) is 20.2 Å². The van der Waals surface area contributed by atoms with Crippen LogP contribution in [0.15, 0.2) is 30.5 Å². The maximum absolute atomic E-state index is 13.0. The minimum atomic E-state index is -4.42. The normalized spacial score (nSPS) is 23.1. The Morgan fingerprint density at radius 3 is 2.81 bits per heavy atom. The van der Waals surface area contributed by atoms with Gasteiger partial charge in [0, 0.05) is 31.0 Å². The van der Waals surface area contributed by atoms with Crippen LogP contribution in [0.25, 0.3) is 11.3 Å². The molecule has 1 aromatic heterocycles. The highest BCUT2D eigenvalue weighted by Crippen LogP contribution is 2.37. The fourth-order valence-electron chi connectivity index (χ4n) is 4.12. The van der Waals surface area contributed by atoms with Gasteiger partial charge in [0.15, 0.2) is 0 Å². The highest BCUT2D eigenvalue weighted by molar-refractivity contribution is 5.82. The fourth-order valence-corrected chi connectivity index (χ4v) is 4.12.